The van der Waals surface area contributed by atoms with Gasteiger partial charge in [-0.25, -0.2) is 22.8 Å². The zero-order valence-corrected chi connectivity index (χ0v) is 26.9. The topological polar surface area (TPSA) is 139 Å². The number of hydrogen-bond acceptors (Lipinski definition) is 11. The first-order chi connectivity index (χ1) is 22.1. The number of amides is 1. The SMILES string of the molecule is C=CC(=O)N[C@@H]1CCOC[C@H]1c1ccc(N2CC(CS(C)(=O)=O)C2)c2cnc(Nc3ccnc(N4CC[C@@H](OC)[C@@H](F)C4)n3)cc12. The van der Waals surface area contributed by atoms with Crippen molar-refractivity contribution < 1.29 is 27.1 Å². The van der Waals surface area contributed by atoms with E-state index in [1.165, 1.54) is 19.4 Å². The van der Waals surface area contributed by atoms with Crippen molar-refractivity contribution in [1.82, 2.24) is 20.3 Å². The van der Waals surface area contributed by atoms with Crippen LogP contribution in [0.15, 0.2) is 49.3 Å². The van der Waals surface area contributed by atoms with Gasteiger partial charge in [0.2, 0.25) is 11.9 Å². The Morgan fingerprint density at radius 3 is 2.72 bits per heavy atom. The first-order valence-electron chi connectivity index (χ1n) is 15.5. The summed E-state index contributed by atoms with van der Waals surface area (Å²) in [6, 6.07) is 7.67. The molecule has 1 amide bonds. The van der Waals surface area contributed by atoms with Crippen LogP contribution in [0.3, 0.4) is 0 Å². The molecule has 14 heteroatoms. The summed E-state index contributed by atoms with van der Waals surface area (Å²) in [7, 11) is -1.54. The van der Waals surface area contributed by atoms with Gasteiger partial charge in [0.05, 0.1) is 25.0 Å². The Morgan fingerprint density at radius 1 is 1.15 bits per heavy atom. The second-order valence-electron chi connectivity index (χ2n) is 12.3. The highest BCUT2D eigenvalue weighted by atomic mass is 32.2. The normalized spacial score (nSPS) is 24.0. The molecule has 3 aliphatic rings. The minimum Gasteiger partial charge on any atom is -0.381 e. The van der Waals surface area contributed by atoms with E-state index in [0.717, 1.165) is 22.0 Å². The van der Waals surface area contributed by atoms with E-state index in [4.69, 9.17) is 14.5 Å². The van der Waals surface area contributed by atoms with Crippen molar-refractivity contribution >= 4 is 49.8 Å². The number of hydrogen-bond donors (Lipinski definition) is 2. The molecule has 5 heterocycles. The monoisotopic (exact) mass is 653 g/mol. The third-order valence-corrected chi connectivity index (χ3v) is 10.1. The predicted octanol–water partition coefficient (Wildman–Crippen LogP) is 2.99. The molecule has 0 saturated carbocycles. The minimum absolute atomic E-state index is 0.0730. The molecule has 0 unspecified atom stereocenters. The Morgan fingerprint density at radius 2 is 1.98 bits per heavy atom. The van der Waals surface area contributed by atoms with E-state index in [1.54, 1.807) is 12.3 Å². The van der Waals surface area contributed by atoms with Crippen molar-refractivity contribution in [2.45, 2.75) is 37.1 Å². The molecule has 246 valence electrons. The van der Waals surface area contributed by atoms with E-state index in [-0.39, 0.29) is 36.1 Å². The van der Waals surface area contributed by atoms with E-state index >= 15 is 0 Å². The molecule has 6 rings (SSSR count). The number of sulfone groups is 1. The number of alkyl halides is 1. The lowest BCUT2D eigenvalue weighted by Gasteiger charge is -2.41. The Hall–Kier alpha value is -3.88. The number of ether oxygens (including phenoxy) is 2. The van der Waals surface area contributed by atoms with E-state index in [1.807, 2.05) is 23.2 Å². The van der Waals surface area contributed by atoms with Gasteiger partial charge in [0.1, 0.15) is 27.6 Å². The molecule has 2 N–H and O–H groups in total. The lowest BCUT2D eigenvalue weighted by Crippen LogP contribution is -2.49. The maximum absolute atomic E-state index is 14.6. The van der Waals surface area contributed by atoms with Crippen LogP contribution in [-0.2, 0) is 24.1 Å². The molecule has 3 aromatic rings. The number of benzene rings is 1. The van der Waals surface area contributed by atoms with Gasteiger partial charge >= 0.3 is 0 Å². The Labute approximate surface area is 268 Å². The zero-order valence-electron chi connectivity index (χ0n) is 26.1. The fraction of sp³-hybridized carbons (Fsp3) is 0.500. The maximum Gasteiger partial charge on any atom is 0.243 e. The van der Waals surface area contributed by atoms with Crippen molar-refractivity contribution in [3.8, 4) is 0 Å². The summed E-state index contributed by atoms with van der Waals surface area (Å²) in [6.45, 7) is 6.59. The van der Waals surface area contributed by atoms with Gasteiger partial charge in [0.25, 0.3) is 0 Å². The van der Waals surface area contributed by atoms with Crippen LogP contribution >= 0.6 is 0 Å². The molecule has 0 aliphatic carbocycles. The highest BCUT2D eigenvalue weighted by Crippen LogP contribution is 2.39. The van der Waals surface area contributed by atoms with Crippen LogP contribution in [-0.4, -0.2) is 106 Å². The number of nitrogens with zero attached hydrogens (tertiary/aromatic N) is 5. The van der Waals surface area contributed by atoms with Crippen molar-refractivity contribution in [2.75, 3.05) is 73.6 Å². The van der Waals surface area contributed by atoms with Crippen LogP contribution in [0.25, 0.3) is 10.8 Å². The molecule has 12 nitrogen and oxygen atoms in total. The van der Waals surface area contributed by atoms with Crippen LogP contribution < -0.4 is 20.4 Å². The van der Waals surface area contributed by atoms with Gasteiger partial charge in [0.15, 0.2) is 0 Å². The Balaban J connectivity index is 1.31. The number of rotatable bonds is 10. The number of piperidine rings is 1. The number of nitrogens with one attached hydrogen (secondary N) is 2. The van der Waals surface area contributed by atoms with Crippen molar-refractivity contribution in [1.29, 1.82) is 0 Å². The van der Waals surface area contributed by atoms with Gasteiger partial charge in [-0.15, -0.1) is 0 Å². The van der Waals surface area contributed by atoms with Crippen molar-refractivity contribution in [3.63, 3.8) is 0 Å². The highest BCUT2D eigenvalue weighted by molar-refractivity contribution is 7.90. The van der Waals surface area contributed by atoms with Gasteiger partial charge in [-0.05, 0) is 48.1 Å². The van der Waals surface area contributed by atoms with Crippen LogP contribution in [0, 0.1) is 5.92 Å². The molecule has 3 fully saturated rings. The maximum atomic E-state index is 14.6. The summed E-state index contributed by atoms with van der Waals surface area (Å²) in [4.78, 5) is 30.0. The van der Waals surface area contributed by atoms with Crippen LogP contribution in [0.4, 0.5) is 27.7 Å². The molecule has 0 bridgehead atoms. The summed E-state index contributed by atoms with van der Waals surface area (Å²) in [5, 5.41) is 8.23. The van der Waals surface area contributed by atoms with E-state index in [0.29, 0.717) is 63.3 Å². The third-order valence-electron chi connectivity index (χ3n) is 8.98. The third kappa shape index (κ3) is 7.08. The van der Waals surface area contributed by atoms with E-state index < -0.39 is 22.1 Å². The number of anilines is 4. The molecular formula is C32H40FN7O5S. The standard InChI is InChI=1S/C32H40FN7O5S/c1-4-31(41)36-26-9-12-45-18-24(26)21-5-6-27(40-15-20(16-40)19-46(3,42)43)23-14-35-30(13-22(21)23)37-29-7-10-34-32(38-29)39-11-8-28(44-2)25(33)17-39/h4-7,10,13-14,20,24-26,28H,1,8-9,11-12,15-19H2,2-3H3,(H,36,41)(H,34,35,37,38)/t24-,25-,26+,28+/m0/s1. The van der Waals surface area contributed by atoms with E-state index in [9.17, 15) is 17.6 Å². The summed E-state index contributed by atoms with van der Waals surface area (Å²) in [5.74, 6) is 1.38. The smallest absolute Gasteiger partial charge is 0.243 e. The molecule has 0 radical (unpaired) electrons. The Bertz CT molecular complexity index is 1700. The summed E-state index contributed by atoms with van der Waals surface area (Å²) < 4.78 is 49.4. The summed E-state index contributed by atoms with van der Waals surface area (Å²) >= 11 is 0. The molecule has 0 spiro atoms. The predicted molar refractivity (Wildman–Crippen MR) is 175 cm³/mol. The van der Waals surface area contributed by atoms with Crippen LogP contribution in [0.5, 0.6) is 0 Å². The Kier molecular flexibility index (Phi) is 9.39. The van der Waals surface area contributed by atoms with Crippen LogP contribution in [0.1, 0.15) is 24.3 Å². The van der Waals surface area contributed by atoms with Gasteiger partial charge < -0.3 is 29.9 Å². The number of methoxy groups -OCH3 is 1. The fourth-order valence-electron chi connectivity index (χ4n) is 6.71. The number of halogens is 1. The summed E-state index contributed by atoms with van der Waals surface area (Å²) in [5.41, 5.74) is 1.97. The van der Waals surface area contributed by atoms with Gasteiger partial charge in [-0.3, -0.25) is 4.79 Å². The number of carbonyl (C=O) groups is 1. The van der Waals surface area contributed by atoms with Crippen molar-refractivity contribution in [3.05, 3.63) is 54.9 Å². The molecule has 3 aliphatic heterocycles. The van der Waals surface area contributed by atoms with Crippen molar-refractivity contribution in [2.24, 2.45) is 5.92 Å². The van der Waals surface area contributed by atoms with E-state index in [2.05, 4.69) is 38.1 Å². The second kappa shape index (κ2) is 13.5. The van der Waals surface area contributed by atoms with Gasteiger partial charge in [-0.2, -0.15) is 4.98 Å². The first kappa shape index (κ1) is 32.1. The molecule has 46 heavy (non-hydrogen) atoms. The molecule has 2 aromatic heterocycles. The fourth-order valence-corrected chi connectivity index (χ4v) is 7.77. The molecule has 1 aromatic carbocycles. The lowest BCUT2D eigenvalue weighted by molar-refractivity contribution is -0.118. The average Bonchev–Trinajstić information content (AvgIpc) is 3.02. The highest BCUT2D eigenvalue weighted by Gasteiger charge is 2.34. The number of fused-ring (bicyclic) bond motifs is 1. The molecule has 4 atom stereocenters. The van der Waals surface area contributed by atoms with Gasteiger partial charge in [-0.1, -0.05) is 12.6 Å². The quantitative estimate of drug-likeness (QED) is 0.312. The number of pyridine rings is 1. The second-order valence-corrected chi connectivity index (χ2v) is 14.5. The first-order valence-corrected chi connectivity index (χ1v) is 17.6. The summed E-state index contributed by atoms with van der Waals surface area (Å²) in [6.07, 6.45) is 5.63. The van der Waals surface area contributed by atoms with Gasteiger partial charge in [0, 0.05) is 81.0 Å². The zero-order chi connectivity index (χ0) is 32.4. The number of aromatic nitrogens is 3. The average molecular weight is 654 g/mol. The number of carbonyl (C=O) groups excluding carboxylic acids is 1. The molecular weight excluding hydrogens is 613 g/mol. The largest absolute Gasteiger partial charge is 0.381 e. The van der Waals surface area contributed by atoms with Crippen LogP contribution in [0.2, 0.25) is 0 Å². The molecule has 3 saturated heterocycles. The minimum atomic E-state index is -3.06. The lowest BCUT2D eigenvalue weighted by atomic mass is 9.85.